The van der Waals surface area contributed by atoms with Gasteiger partial charge in [-0.1, -0.05) is 30.3 Å². The highest BCUT2D eigenvalue weighted by atomic mass is 16.6. The Morgan fingerprint density at radius 3 is 1.27 bits per heavy atom. The lowest BCUT2D eigenvalue weighted by atomic mass is 10.2. The van der Waals surface area contributed by atoms with Crippen molar-refractivity contribution in [3.8, 4) is 0 Å². The molecule has 0 aliphatic rings. The first-order chi connectivity index (χ1) is 18.3. The van der Waals surface area contributed by atoms with Crippen LogP contribution in [0.1, 0.15) is 12.5 Å². The van der Waals surface area contributed by atoms with Crippen molar-refractivity contribution in [2.45, 2.75) is 19.6 Å². The summed E-state index contributed by atoms with van der Waals surface area (Å²) in [6, 6.07) is 10.1. The summed E-state index contributed by atoms with van der Waals surface area (Å²) in [6.45, 7) is 11.8. The Labute approximate surface area is 222 Å². The zero-order valence-electron chi connectivity index (χ0n) is 22.8. The topological polar surface area (TPSA) is 92.3 Å². The summed E-state index contributed by atoms with van der Waals surface area (Å²) < 4.78 is 54.3. The minimum Gasteiger partial charge on any atom is -0.382 e. The van der Waals surface area contributed by atoms with Gasteiger partial charge in [-0.15, -0.1) is 0 Å². The molecule has 0 N–H and O–H groups in total. The zero-order chi connectivity index (χ0) is 26.5. The number of ether oxygens (including phenoxy) is 10. The van der Waals surface area contributed by atoms with Crippen LogP contribution in [-0.4, -0.2) is 126 Å². The van der Waals surface area contributed by atoms with Crippen LogP contribution in [0.25, 0.3) is 0 Å². The molecule has 0 fully saturated rings. The van der Waals surface area contributed by atoms with E-state index in [0.29, 0.717) is 119 Å². The smallest absolute Gasteiger partial charge is 0.0781 e. The molecule has 0 radical (unpaired) electrons. The van der Waals surface area contributed by atoms with E-state index in [0.717, 1.165) is 5.56 Å². The van der Waals surface area contributed by atoms with Gasteiger partial charge in [0.1, 0.15) is 0 Å². The molecule has 0 unspecified atom stereocenters. The lowest BCUT2D eigenvalue weighted by molar-refractivity contribution is -0.0436. The molecule has 1 aromatic rings. The van der Waals surface area contributed by atoms with Gasteiger partial charge in [-0.05, 0) is 12.5 Å². The molecule has 37 heavy (non-hydrogen) atoms. The van der Waals surface area contributed by atoms with E-state index in [-0.39, 0.29) is 6.10 Å². The molecule has 0 aromatic heterocycles. The summed E-state index contributed by atoms with van der Waals surface area (Å²) in [7, 11) is 1.65. The molecule has 0 aliphatic heterocycles. The molecule has 0 spiro atoms. The van der Waals surface area contributed by atoms with Gasteiger partial charge in [-0.25, -0.2) is 0 Å². The van der Waals surface area contributed by atoms with Crippen LogP contribution in [0.5, 0.6) is 0 Å². The minimum atomic E-state index is 0.0271. The van der Waals surface area contributed by atoms with Crippen LogP contribution in [0, 0.1) is 0 Å². The quantitative estimate of drug-likeness (QED) is 0.143. The average Bonchev–Trinajstić information content (AvgIpc) is 2.91. The number of rotatable bonds is 29. The van der Waals surface area contributed by atoms with E-state index in [1.165, 1.54) is 0 Å². The highest BCUT2D eigenvalue weighted by molar-refractivity contribution is 5.13. The van der Waals surface area contributed by atoms with E-state index in [9.17, 15) is 0 Å². The van der Waals surface area contributed by atoms with E-state index in [4.69, 9.17) is 47.4 Å². The van der Waals surface area contributed by atoms with Gasteiger partial charge in [0.15, 0.2) is 0 Å². The second kappa shape index (κ2) is 27.8. The molecule has 0 bridgehead atoms. The molecule has 1 atom stereocenters. The van der Waals surface area contributed by atoms with E-state index in [1.54, 1.807) is 7.11 Å². The third-order valence-corrected chi connectivity index (χ3v) is 4.76. The zero-order valence-corrected chi connectivity index (χ0v) is 22.8. The standard InChI is InChI=1S/C27H48O10/c1-26(24-36-25-27-6-4-3-5-7-27)37-23-22-35-21-20-34-19-18-33-17-16-32-15-14-31-13-12-30-11-10-29-9-8-28-2/h3-7,26H,8-25H2,1-2H3/t26-/m1/s1. The van der Waals surface area contributed by atoms with Gasteiger partial charge >= 0.3 is 0 Å². The van der Waals surface area contributed by atoms with Gasteiger partial charge in [0.2, 0.25) is 0 Å². The molecular weight excluding hydrogens is 484 g/mol. The predicted molar refractivity (Wildman–Crippen MR) is 139 cm³/mol. The molecule has 10 nitrogen and oxygen atoms in total. The van der Waals surface area contributed by atoms with Gasteiger partial charge in [0, 0.05) is 7.11 Å². The van der Waals surface area contributed by atoms with E-state index < -0.39 is 0 Å². The van der Waals surface area contributed by atoms with Crippen molar-refractivity contribution in [3.05, 3.63) is 35.9 Å². The molecule has 0 aliphatic carbocycles. The molecule has 0 saturated carbocycles. The summed E-state index contributed by atoms with van der Waals surface area (Å²) >= 11 is 0. The van der Waals surface area contributed by atoms with E-state index >= 15 is 0 Å². The Hall–Kier alpha value is -1.18. The number of hydrogen-bond acceptors (Lipinski definition) is 10. The Balaban J connectivity index is 1.67. The summed E-state index contributed by atoms with van der Waals surface area (Å²) in [5, 5.41) is 0. The molecule has 0 heterocycles. The van der Waals surface area contributed by atoms with Crippen molar-refractivity contribution in [1.82, 2.24) is 0 Å². The molecule has 0 amide bonds. The fourth-order valence-corrected chi connectivity index (χ4v) is 2.84. The Bertz CT molecular complexity index is 563. The molecule has 0 saturated heterocycles. The van der Waals surface area contributed by atoms with E-state index in [2.05, 4.69) is 0 Å². The van der Waals surface area contributed by atoms with Crippen LogP contribution in [0.15, 0.2) is 30.3 Å². The molecule has 1 aromatic carbocycles. The maximum absolute atomic E-state index is 5.68. The molecule has 1 rings (SSSR count). The van der Waals surface area contributed by atoms with Crippen LogP contribution >= 0.6 is 0 Å². The lowest BCUT2D eigenvalue weighted by Crippen LogP contribution is -2.19. The molecular formula is C27H48O10. The average molecular weight is 533 g/mol. The minimum absolute atomic E-state index is 0.0271. The molecule has 10 heteroatoms. The largest absolute Gasteiger partial charge is 0.382 e. The van der Waals surface area contributed by atoms with Crippen LogP contribution < -0.4 is 0 Å². The predicted octanol–water partition coefficient (Wildman–Crippen LogP) is 2.37. The van der Waals surface area contributed by atoms with Crippen molar-refractivity contribution in [3.63, 3.8) is 0 Å². The van der Waals surface area contributed by atoms with Crippen molar-refractivity contribution in [1.29, 1.82) is 0 Å². The monoisotopic (exact) mass is 532 g/mol. The highest BCUT2D eigenvalue weighted by Crippen LogP contribution is 2.02. The fourth-order valence-electron chi connectivity index (χ4n) is 2.84. The number of methoxy groups -OCH3 is 1. The van der Waals surface area contributed by atoms with E-state index in [1.807, 2.05) is 37.3 Å². The van der Waals surface area contributed by atoms with Gasteiger partial charge < -0.3 is 47.4 Å². The second-order valence-corrected chi connectivity index (χ2v) is 7.96. The number of benzene rings is 1. The fraction of sp³-hybridized carbons (Fsp3) is 0.778. The van der Waals surface area contributed by atoms with Crippen LogP contribution in [-0.2, 0) is 54.0 Å². The Kier molecular flexibility index (Phi) is 25.5. The first-order valence-corrected chi connectivity index (χ1v) is 13.1. The summed E-state index contributed by atoms with van der Waals surface area (Å²) in [5.41, 5.74) is 1.16. The third kappa shape index (κ3) is 24.9. The maximum Gasteiger partial charge on any atom is 0.0781 e. The third-order valence-electron chi connectivity index (χ3n) is 4.76. The van der Waals surface area contributed by atoms with Crippen molar-refractivity contribution in [2.75, 3.05) is 119 Å². The van der Waals surface area contributed by atoms with Gasteiger partial charge in [0.05, 0.1) is 125 Å². The van der Waals surface area contributed by atoms with Crippen molar-refractivity contribution in [2.24, 2.45) is 0 Å². The lowest BCUT2D eigenvalue weighted by Gasteiger charge is -2.14. The second-order valence-electron chi connectivity index (χ2n) is 7.96. The normalized spacial score (nSPS) is 12.3. The SMILES string of the molecule is COCCOCCOCCOCCOCCOCCOCCOCCO[C@H](C)COCc1ccccc1. The van der Waals surface area contributed by atoms with Crippen LogP contribution in [0.3, 0.4) is 0 Å². The summed E-state index contributed by atoms with van der Waals surface area (Å²) in [6.07, 6.45) is 0.0271. The van der Waals surface area contributed by atoms with Crippen molar-refractivity contribution >= 4 is 0 Å². The Morgan fingerprint density at radius 1 is 0.486 bits per heavy atom. The highest BCUT2D eigenvalue weighted by Gasteiger charge is 2.03. The van der Waals surface area contributed by atoms with Crippen LogP contribution in [0.2, 0.25) is 0 Å². The number of hydrogen-bond donors (Lipinski definition) is 0. The summed E-state index contributed by atoms with van der Waals surface area (Å²) in [5.74, 6) is 0. The maximum atomic E-state index is 5.68. The van der Waals surface area contributed by atoms with Gasteiger partial charge in [0.25, 0.3) is 0 Å². The van der Waals surface area contributed by atoms with Gasteiger partial charge in [-0.2, -0.15) is 0 Å². The van der Waals surface area contributed by atoms with Crippen LogP contribution in [0.4, 0.5) is 0 Å². The van der Waals surface area contributed by atoms with Crippen molar-refractivity contribution < 1.29 is 47.4 Å². The molecule has 216 valence electrons. The Morgan fingerprint density at radius 2 is 0.865 bits per heavy atom. The first-order valence-electron chi connectivity index (χ1n) is 13.1. The summed E-state index contributed by atoms with van der Waals surface area (Å²) in [4.78, 5) is 0. The first kappa shape index (κ1) is 33.8. The van der Waals surface area contributed by atoms with Gasteiger partial charge in [-0.3, -0.25) is 0 Å².